The van der Waals surface area contributed by atoms with E-state index in [1.54, 1.807) is 18.2 Å². The SMILES string of the molecule is CC(CC[N+](=O)[O-])NCC(O)COc1cccc2c1C(=Cc1ccc[nH]1)CN2[O-]. The van der Waals surface area contributed by atoms with Gasteiger partial charge in [-0.25, -0.2) is 0 Å². The van der Waals surface area contributed by atoms with Crippen LogP contribution in [0, 0.1) is 15.3 Å². The molecule has 2 unspecified atom stereocenters. The standard InChI is InChI=1S/C20H25N4O5/c1-14(7-9-24(27)28)22-11-17(25)13-29-19-6-2-5-18-20(19)15(12-23(18)26)10-16-4-3-8-21-16/h2-6,8,10,14,17,21-22,25H,7,9,11-13H2,1H3/q-1. The quantitative estimate of drug-likeness (QED) is 0.412. The number of hydroxylamine groups is 1. The van der Waals surface area contributed by atoms with Crippen molar-refractivity contribution in [2.75, 3.05) is 31.3 Å². The molecule has 1 aromatic carbocycles. The van der Waals surface area contributed by atoms with E-state index in [0.29, 0.717) is 17.9 Å². The molecule has 0 bridgehead atoms. The second kappa shape index (κ2) is 9.55. The van der Waals surface area contributed by atoms with Gasteiger partial charge in [0, 0.05) is 53.6 Å². The molecule has 0 saturated carbocycles. The summed E-state index contributed by atoms with van der Waals surface area (Å²) in [5, 5.41) is 36.9. The van der Waals surface area contributed by atoms with Gasteiger partial charge in [-0.2, -0.15) is 0 Å². The molecule has 2 aromatic rings. The molecule has 1 aliphatic rings. The number of nitrogens with zero attached hydrogens (tertiary/aromatic N) is 2. The number of rotatable bonds is 10. The number of aliphatic hydroxyl groups is 1. The van der Waals surface area contributed by atoms with E-state index in [1.807, 2.05) is 31.3 Å². The highest BCUT2D eigenvalue weighted by molar-refractivity contribution is 5.96. The fourth-order valence-electron chi connectivity index (χ4n) is 3.21. The van der Waals surface area contributed by atoms with Crippen LogP contribution < -0.4 is 15.1 Å². The number of anilines is 1. The first-order valence-corrected chi connectivity index (χ1v) is 9.52. The van der Waals surface area contributed by atoms with Crippen molar-refractivity contribution in [3.8, 4) is 5.75 Å². The number of fused-ring (bicyclic) bond motifs is 1. The van der Waals surface area contributed by atoms with Crippen molar-refractivity contribution in [3.63, 3.8) is 0 Å². The monoisotopic (exact) mass is 401 g/mol. The number of aromatic amines is 1. The van der Waals surface area contributed by atoms with Crippen molar-refractivity contribution < 1.29 is 14.8 Å². The summed E-state index contributed by atoms with van der Waals surface area (Å²) < 4.78 is 5.82. The number of nitro groups is 1. The third-order valence-corrected chi connectivity index (χ3v) is 4.74. The zero-order chi connectivity index (χ0) is 20.8. The molecule has 0 amide bonds. The first-order valence-electron chi connectivity index (χ1n) is 9.52. The van der Waals surface area contributed by atoms with Crippen molar-refractivity contribution in [1.29, 1.82) is 0 Å². The third kappa shape index (κ3) is 5.57. The summed E-state index contributed by atoms with van der Waals surface area (Å²) in [5.41, 5.74) is 3.01. The topological polar surface area (TPSA) is 127 Å². The molecule has 2 heterocycles. The van der Waals surface area contributed by atoms with Gasteiger partial charge in [-0.15, -0.1) is 0 Å². The summed E-state index contributed by atoms with van der Waals surface area (Å²) in [7, 11) is 0. The summed E-state index contributed by atoms with van der Waals surface area (Å²) in [6.07, 6.45) is 3.33. The van der Waals surface area contributed by atoms with E-state index in [1.165, 1.54) is 0 Å². The molecular formula is C20H25N4O5-. The average Bonchev–Trinajstić information content (AvgIpc) is 3.32. The van der Waals surface area contributed by atoms with Crippen LogP contribution in [0.3, 0.4) is 0 Å². The Balaban J connectivity index is 1.62. The van der Waals surface area contributed by atoms with Gasteiger partial charge in [0.1, 0.15) is 18.5 Å². The predicted octanol–water partition coefficient (Wildman–Crippen LogP) is 2.26. The highest BCUT2D eigenvalue weighted by Crippen LogP contribution is 2.42. The minimum absolute atomic E-state index is 0.0417. The van der Waals surface area contributed by atoms with Gasteiger partial charge < -0.3 is 30.4 Å². The van der Waals surface area contributed by atoms with E-state index in [0.717, 1.165) is 21.9 Å². The summed E-state index contributed by atoms with van der Waals surface area (Å²) in [4.78, 5) is 13.2. The molecule has 0 aliphatic carbocycles. The van der Waals surface area contributed by atoms with E-state index in [-0.39, 0.29) is 37.2 Å². The number of aromatic nitrogens is 1. The van der Waals surface area contributed by atoms with E-state index in [9.17, 15) is 20.4 Å². The molecule has 9 nitrogen and oxygen atoms in total. The van der Waals surface area contributed by atoms with Gasteiger partial charge in [0.2, 0.25) is 6.54 Å². The first kappa shape index (κ1) is 20.8. The molecule has 29 heavy (non-hydrogen) atoms. The molecule has 1 aromatic heterocycles. The Bertz CT molecular complexity index is 853. The van der Waals surface area contributed by atoms with Gasteiger partial charge in [-0.05, 0) is 42.8 Å². The van der Waals surface area contributed by atoms with Gasteiger partial charge in [0.05, 0.1) is 0 Å². The van der Waals surface area contributed by atoms with E-state index in [2.05, 4.69) is 10.3 Å². The van der Waals surface area contributed by atoms with Gasteiger partial charge in [0.25, 0.3) is 0 Å². The number of aliphatic hydroxyl groups excluding tert-OH is 1. The number of nitrogens with one attached hydrogen (secondary N) is 2. The van der Waals surface area contributed by atoms with Crippen LogP contribution in [0.25, 0.3) is 11.6 Å². The molecule has 9 heteroatoms. The Hall–Kier alpha value is -2.88. The Morgan fingerprint density at radius 1 is 1.41 bits per heavy atom. The van der Waals surface area contributed by atoms with Crippen LogP contribution in [-0.4, -0.2) is 53.4 Å². The second-order valence-electron chi connectivity index (χ2n) is 7.10. The maximum atomic E-state index is 12.3. The molecule has 0 fully saturated rings. The van der Waals surface area contributed by atoms with Gasteiger partial charge in [0.15, 0.2) is 0 Å². The van der Waals surface area contributed by atoms with E-state index in [4.69, 9.17) is 4.74 Å². The zero-order valence-corrected chi connectivity index (χ0v) is 16.2. The van der Waals surface area contributed by atoms with Crippen molar-refractivity contribution in [2.24, 2.45) is 0 Å². The number of benzene rings is 1. The lowest BCUT2D eigenvalue weighted by molar-refractivity contribution is -0.480. The fourth-order valence-corrected chi connectivity index (χ4v) is 3.21. The van der Waals surface area contributed by atoms with Crippen molar-refractivity contribution in [1.82, 2.24) is 10.3 Å². The maximum Gasteiger partial charge on any atom is 0.205 e. The van der Waals surface area contributed by atoms with Crippen LogP contribution in [0.2, 0.25) is 0 Å². The van der Waals surface area contributed by atoms with Crippen LogP contribution in [0.5, 0.6) is 5.75 Å². The fraction of sp³-hybridized carbons (Fsp3) is 0.400. The Morgan fingerprint density at radius 2 is 2.24 bits per heavy atom. The van der Waals surface area contributed by atoms with Crippen LogP contribution in [0.1, 0.15) is 24.6 Å². The number of hydrogen-bond donors (Lipinski definition) is 3. The molecule has 0 saturated heterocycles. The van der Waals surface area contributed by atoms with Crippen LogP contribution in [0.15, 0.2) is 36.5 Å². The van der Waals surface area contributed by atoms with E-state index >= 15 is 0 Å². The zero-order valence-electron chi connectivity index (χ0n) is 16.2. The lowest BCUT2D eigenvalue weighted by Crippen LogP contribution is -2.37. The lowest BCUT2D eigenvalue weighted by atomic mass is 10.1. The molecule has 3 rings (SSSR count). The smallest absolute Gasteiger partial charge is 0.205 e. The highest BCUT2D eigenvalue weighted by atomic mass is 16.6. The minimum Gasteiger partial charge on any atom is -0.758 e. The minimum atomic E-state index is -0.787. The van der Waals surface area contributed by atoms with Gasteiger partial charge in [-0.3, -0.25) is 10.1 Å². The summed E-state index contributed by atoms with van der Waals surface area (Å²) in [6.45, 7) is 2.25. The van der Waals surface area contributed by atoms with Crippen LogP contribution in [0.4, 0.5) is 5.69 Å². The largest absolute Gasteiger partial charge is 0.758 e. The van der Waals surface area contributed by atoms with Crippen molar-refractivity contribution >= 4 is 17.3 Å². The molecule has 3 N–H and O–H groups in total. The van der Waals surface area contributed by atoms with Crippen LogP contribution >= 0.6 is 0 Å². The first-order chi connectivity index (χ1) is 13.9. The molecule has 156 valence electrons. The number of hydrogen-bond acceptors (Lipinski definition) is 7. The summed E-state index contributed by atoms with van der Waals surface area (Å²) >= 11 is 0. The molecule has 0 spiro atoms. The van der Waals surface area contributed by atoms with Crippen LogP contribution in [-0.2, 0) is 0 Å². The summed E-state index contributed by atoms with van der Waals surface area (Å²) in [5.74, 6) is 0.541. The average molecular weight is 401 g/mol. The molecule has 2 atom stereocenters. The highest BCUT2D eigenvalue weighted by Gasteiger charge is 2.23. The third-order valence-electron chi connectivity index (χ3n) is 4.74. The van der Waals surface area contributed by atoms with Crippen molar-refractivity contribution in [3.05, 3.63) is 63.1 Å². The molecular weight excluding hydrogens is 376 g/mol. The Kier molecular flexibility index (Phi) is 6.86. The summed E-state index contributed by atoms with van der Waals surface area (Å²) in [6, 6.07) is 9.00. The van der Waals surface area contributed by atoms with Gasteiger partial charge in [-0.1, -0.05) is 6.07 Å². The Labute approximate surface area is 168 Å². The normalized spacial score (nSPS) is 16.7. The predicted molar refractivity (Wildman–Crippen MR) is 111 cm³/mol. The number of ether oxygens (including phenoxy) is 1. The van der Waals surface area contributed by atoms with E-state index < -0.39 is 6.10 Å². The van der Waals surface area contributed by atoms with Crippen molar-refractivity contribution in [2.45, 2.75) is 25.5 Å². The maximum absolute atomic E-state index is 12.3. The van der Waals surface area contributed by atoms with Gasteiger partial charge >= 0.3 is 0 Å². The lowest BCUT2D eigenvalue weighted by Gasteiger charge is -2.24. The Morgan fingerprint density at radius 3 is 2.97 bits per heavy atom. The molecule has 0 radical (unpaired) electrons. The molecule has 1 aliphatic heterocycles. The number of H-pyrrole nitrogens is 1. The second-order valence-corrected chi connectivity index (χ2v) is 7.10.